The maximum atomic E-state index is 13.3. The fourth-order valence-electron chi connectivity index (χ4n) is 6.03. The van der Waals surface area contributed by atoms with E-state index in [1.165, 1.54) is 12.3 Å². The molecular weight excluding hydrogens is 595 g/mol. The number of aryl methyl sites for hydroxylation is 1. The molecule has 2 aromatic carbocycles. The molecule has 46 heavy (non-hydrogen) atoms. The molecule has 6 rings (SSSR count). The molecule has 5 aromatic rings. The normalized spacial score (nSPS) is 14.2. The van der Waals surface area contributed by atoms with Crippen molar-refractivity contribution in [2.75, 3.05) is 51.6 Å². The van der Waals surface area contributed by atoms with Crippen molar-refractivity contribution in [1.82, 2.24) is 24.4 Å². The van der Waals surface area contributed by atoms with Crippen molar-refractivity contribution in [3.63, 3.8) is 0 Å². The van der Waals surface area contributed by atoms with E-state index in [0.29, 0.717) is 34.6 Å². The first-order valence-corrected chi connectivity index (χ1v) is 15.0. The van der Waals surface area contributed by atoms with Crippen LogP contribution in [-0.4, -0.2) is 71.9 Å². The van der Waals surface area contributed by atoms with Crippen LogP contribution in [0.15, 0.2) is 67.1 Å². The average Bonchev–Trinajstić information content (AvgIpc) is 3.39. The fraction of sp³-hybridized carbons (Fsp3) is 0.324. The molecule has 0 radical (unpaired) electrons. The number of alkyl halides is 3. The van der Waals surface area contributed by atoms with Crippen molar-refractivity contribution in [2.45, 2.75) is 25.1 Å². The van der Waals surface area contributed by atoms with E-state index < -0.39 is 11.9 Å². The van der Waals surface area contributed by atoms with Gasteiger partial charge in [0, 0.05) is 84.7 Å². The summed E-state index contributed by atoms with van der Waals surface area (Å²) in [5.74, 6) is 1.77. The third-order valence-electron chi connectivity index (χ3n) is 8.58. The van der Waals surface area contributed by atoms with Gasteiger partial charge in [0.2, 0.25) is 5.95 Å². The second-order valence-electron chi connectivity index (χ2n) is 11.6. The highest BCUT2D eigenvalue weighted by Gasteiger charge is 2.32. The van der Waals surface area contributed by atoms with Gasteiger partial charge in [0.1, 0.15) is 17.2 Å². The van der Waals surface area contributed by atoms with Gasteiger partial charge >= 0.3 is 6.18 Å². The Hall–Kier alpha value is -4.84. The van der Waals surface area contributed by atoms with Crippen LogP contribution in [0.25, 0.3) is 33.3 Å². The Morgan fingerprint density at radius 2 is 1.70 bits per heavy atom. The van der Waals surface area contributed by atoms with Gasteiger partial charge in [0.15, 0.2) is 0 Å². The number of pyridine rings is 1. The molecule has 0 bridgehead atoms. The Balaban J connectivity index is 1.37. The number of hydrogen-bond acceptors (Lipinski definition) is 8. The van der Waals surface area contributed by atoms with Gasteiger partial charge in [-0.3, -0.25) is 4.98 Å². The fourth-order valence-corrected chi connectivity index (χ4v) is 6.03. The molecule has 0 unspecified atom stereocenters. The number of halogens is 3. The first-order valence-electron chi connectivity index (χ1n) is 15.0. The van der Waals surface area contributed by atoms with Crippen LogP contribution in [0, 0.1) is 0 Å². The predicted octanol–water partition coefficient (Wildman–Crippen LogP) is 7.01. The number of methoxy groups -OCH3 is 2. The van der Waals surface area contributed by atoms with E-state index in [1.807, 2.05) is 54.2 Å². The van der Waals surface area contributed by atoms with Crippen molar-refractivity contribution in [3.8, 4) is 33.9 Å². The zero-order valence-electron chi connectivity index (χ0n) is 26.4. The summed E-state index contributed by atoms with van der Waals surface area (Å²) in [6.45, 7) is 1.88. The van der Waals surface area contributed by atoms with E-state index in [9.17, 15) is 13.2 Å². The van der Waals surface area contributed by atoms with Crippen molar-refractivity contribution in [2.24, 2.45) is 7.05 Å². The Morgan fingerprint density at radius 1 is 0.913 bits per heavy atom. The number of piperidine rings is 1. The minimum atomic E-state index is -4.54. The molecule has 1 saturated heterocycles. The molecule has 0 atom stereocenters. The molecular formula is C34H36F3N7O2. The second-order valence-corrected chi connectivity index (χ2v) is 11.6. The lowest BCUT2D eigenvalue weighted by Gasteiger charge is -2.37. The van der Waals surface area contributed by atoms with Crippen LogP contribution in [0.1, 0.15) is 18.5 Å². The highest BCUT2D eigenvalue weighted by Crippen LogP contribution is 2.39. The topological polar surface area (TPSA) is 80.6 Å². The molecule has 4 heterocycles. The molecule has 1 aliphatic heterocycles. The van der Waals surface area contributed by atoms with Crippen molar-refractivity contribution < 1.29 is 22.6 Å². The zero-order valence-corrected chi connectivity index (χ0v) is 26.4. The molecule has 0 aliphatic carbocycles. The van der Waals surface area contributed by atoms with Crippen molar-refractivity contribution >= 4 is 28.2 Å². The summed E-state index contributed by atoms with van der Waals surface area (Å²) in [5.41, 5.74) is 4.05. The minimum Gasteiger partial charge on any atom is -0.497 e. The van der Waals surface area contributed by atoms with Gasteiger partial charge in [-0.25, -0.2) is 9.97 Å². The van der Waals surface area contributed by atoms with Crippen LogP contribution in [0.5, 0.6) is 11.5 Å². The molecule has 9 nitrogen and oxygen atoms in total. The zero-order chi connectivity index (χ0) is 32.6. The summed E-state index contributed by atoms with van der Waals surface area (Å²) in [6.07, 6.45) is 2.37. The van der Waals surface area contributed by atoms with Crippen LogP contribution in [-0.2, 0) is 13.2 Å². The Kier molecular flexibility index (Phi) is 8.47. The molecule has 1 aliphatic rings. The van der Waals surface area contributed by atoms with Crippen LogP contribution >= 0.6 is 0 Å². The summed E-state index contributed by atoms with van der Waals surface area (Å²) in [5, 5.41) is 4.20. The molecule has 240 valence electrons. The van der Waals surface area contributed by atoms with Crippen LogP contribution in [0.3, 0.4) is 0 Å². The van der Waals surface area contributed by atoms with Gasteiger partial charge in [0.25, 0.3) is 0 Å². The molecule has 0 spiro atoms. The average molecular weight is 632 g/mol. The van der Waals surface area contributed by atoms with E-state index in [2.05, 4.69) is 39.2 Å². The Bertz CT molecular complexity index is 1850. The summed E-state index contributed by atoms with van der Waals surface area (Å²) in [4.78, 5) is 17.8. The summed E-state index contributed by atoms with van der Waals surface area (Å²) in [7, 11) is 9.43. The summed E-state index contributed by atoms with van der Waals surface area (Å²) < 4.78 is 53.0. The number of anilines is 3. The van der Waals surface area contributed by atoms with Gasteiger partial charge in [-0.15, -0.1) is 0 Å². The van der Waals surface area contributed by atoms with Crippen molar-refractivity contribution in [1.29, 1.82) is 0 Å². The summed E-state index contributed by atoms with van der Waals surface area (Å²) in [6, 6.07) is 14.6. The first-order chi connectivity index (χ1) is 22.0. The quantitative estimate of drug-likeness (QED) is 0.196. The number of benzene rings is 2. The monoisotopic (exact) mass is 631 g/mol. The van der Waals surface area contributed by atoms with E-state index in [4.69, 9.17) is 14.5 Å². The lowest BCUT2D eigenvalue weighted by Crippen LogP contribution is -2.42. The molecule has 0 saturated carbocycles. The molecule has 1 N–H and O–H groups in total. The number of rotatable bonds is 8. The maximum absolute atomic E-state index is 13.3. The smallest absolute Gasteiger partial charge is 0.433 e. The van der Waals surface area contributed by atoms with Crippen LogP contribution in [0.2, 0.25) is 0 Å². The summed E-state index contributed by atoms with van der Waals surface area (Å²) >= 11 is 0. The molecule has 0 amide bonds. The third kappa shape index (κ3) is 6.17. The molecule has 12 heteroatoms. The van der Waals surface area contributed by atoms with Crippen molar-refractivity contribution in [3.05, 3.63) is 72.8 Å². The lowest BCUT2D eigenvalue weighted by molar-refractivity contribution is -0.141. The Morgan fingerprint density at radius 3 is 2.35 bits per heavy atom. The first kappa shape index (κ1) is 31.2. The van der Waals surface area contributed by atoms with Gasteiger partial charge in [-0.1, -0.05) is 6.07 Å². The van der Waals surface area contributed by atoms with Crippen LogP contribution in [0.4, 0.5) is 30.5 Å². The van der Waals surface area contributed by atoms with E-state index >= 15 is 0 Å². The number of hydrogen-bond donors (Lipinski definition) is 1. The number of nitrogens with one attached hydrogen (secondary N) is 1. The standard InChI is InChI=1S/C34H36F3N7O2/c1-42(2)23-12-14-44(15-13-23)28-10-7-22(16-30(28)46-5)40-33-39-19-26(21-6-11-31(38-18-21)34(35,36)37)32(41-33)27-20-43(3)29-17-24(45-4)8-9-25(27)29/h6-11,16-20,23H,12-15H2,1-5H3,(H,39,40,41). The lowest BCUT2D eigenvalue weighted by atomic mass is 10.0. The molecule has 1 fully saturated rings. The highest BCUT2D eigenvalue weighted by molar-refractivity contribution is 5.99. The number of fused-ring (bicyclic) bond motifs is 1. The minimum absolute atomic E-state index is 0.325. The van der Waals surface area contributed by atoms with E-state index in [-0.39, 0.29) is 0 Å². The largest absolute Gasteiger partial charge is 0.497 e. The molecule has 3 aromatic heterocycles. The predicted molar refractivity (Wildman–Crippen MR) is 174 cm³/mol. The third-order valence-corrected chi connectivity index (χ3v) is 8.58. The van der Waals surface area contributed by atoms with Gasteiger partial charge in [-0.05, 0) is 57.3 Å². The van der Waals surface area contributed by atoms with Crippen LogP contribution < -0.4 is 19.7 Å². The number of nitrogens with zero attached hydrogens (tertiary/aromatic N) is 6. The Labute approximate surface area is 265 Å². The van der Waals surface area contributed by atoms with E-state index in [0.717, 1.165) is 65.6 Å². The van der Waals surface area contributed by atoms with E-state index in [1.54, 1.807) is 20.4 Å². The number of aromatic nitrogens is 4. The van der Waals surface area contributed by atoms with Gasteiger partial charge < -0.3 is 29.2 Å². The highest BCUT2D eigenvalue weighted by atomic mass is 19.4. The SMILES string of the molecule is COc1ccc2c(-c3nc(Nc4ccc(N5CCC(N(C)C)CC5)c(OC)c4)ncc3-c3ccc(C(F)(F)F)nc3)cn(C)c2c1. The number of ether oxygens (including phenoxy) is 2. The van der Waals surface area contributed by atoms with Gasteiger partial charge in [-0.2, -0.15) is 13.2 Å². The van der Waals surface area contributed by atoms with Gasteiger partial charge in [0.05, 0.1) is 31.1 Å². The second kappa shape index (κ2) is 12.5. The maximum Gasteiger partial charge on any atom is 0.433 e.